The molecule has 0 unspecified atom stereocenters. The third-order valence-electron chi connectivity index (χ3n) is 7.82. The third-order valence-corrected chi connectivity index (χ3v) is 7.82. The van der Waals surface area contributed by atoms with Crippen LogP contribution in [-0.4, -0.2) is 96.9 Å². The molecule has 2 nitrogen and oxygen atoms in total. The zero-order valence-corrected chi connectivity index (χ0v) is 23.8. The number of methoxy groups -OCH3 is 1. The Bertz CT molecular complexity index is 1090. The monoisotopic (exact) mass is 807 g/mol. The van der Waals surface area contributed by atoms with Crippen LogP contribution >= 0.6 is 0 Å². The Labute approximate surface area is 260 Å². The predicted octanol–water partition coefficient (Wildman–Crippen LogP) is 10.2. The van der Waals surface area contributed by atoms with Gasteiger partial charge in [-0.1, -0.05) is 0 Å². The molecule has 1 fully saturated rings. The number of rotatable bonds is 16. The second kappa shape index (κ2) is 12.9. The number of alkyl halides is 26. The largest absolute Gasteiger partial charge is 0.460 e. The van der Waals surface area contributed by atoms with E-state index in [1.807, 2.05) is 0 Å². The summed E-state index contributed by atoms with van der Waals surface area (Å²) >= 11 is 0. The Morgan fingerprint density at radius 2 is 0.700 bits per heavy atom. The zero-order chi connectivity index (χ0) is 40.4. The van der Waals surface area contributed by atoms with Gasteiger partial charge in [-0.05, 0) is 32.2 Å². The molecule has 1 aliphatic heterocycles. The van der Waals surface area contributed by atoms with Crippen LogP contribution in [0.4, 0.5) is 114 Å². The molecule has 0 amide bonds. The molecule has 1 atom stereocenters. The van der Waals surface area contributed by atoms with E-state index in [1.54, 1.807) is 0 Å². The maximum Gasteiger partial charge on any atom is 0.460 e. The average molecular weight is 807 g/mol. The molecule has 0 spiro atoms. The maximum atomic E-state index is 14.4. The van der Waals surface area contributed by atoms with Gasteiger partial charge in [0, 0.05) is 26.0 Å². The number of halogens is 26. The van der Waals surface area contributed by atoms with Gasteiger partial charge in [-0.2, -0.15) is 114 Å². The molecule has 1 aliphatic rings. The van der Waals surface area contributed by atoms with Crippen LogP contribution in [-0.2, 0) is 4.74 Å². The first-order valence-electron chi connectivity index (χ1n) is 12.8. The van der Waals surface area contributed by atoms with Crippen LogP contribution in [0.15, 0.2) is 0 Å². The van der Waals surface area contributed by atoms with Crippen molar-refractivity contribution < 1.29 is 119 Å². The fourth-order valence-corrected chi connectivity index (χ4v) is 4.61. The molecule has 1 saturated heterocycles. The van der Waals surface area contributed by atoms with Crippen LogP contribution in [0.3, 0.4) is 0 Å². The van der Waals surface area contributed by atoms with Crippen LogP contribution in [0.25, 0.3) is 0 Å². The molecular formula is C22H19F26NO. The van der Waals surface area contributed by atoms with Crippen molar-refractivity contribution in [1.29, 1.82) is 0 Å². The van der Waals surface area contributed by atoms with Crippen molar-refractivity contribution in [2.24, 2.45) is 0 Å². The molecule has 1 rings (SSSR count). The highest BCUT2D eigenvalue weighted by atomic mass is 19.4. The van der Waals surface area contributed by atoms with Gasteiger partial charge in [-0.15, -0.1) is 0 Å². The summed E-state index contributed by atoms with van der Waals surface area (Å²) in [5, 5.41) is 2.11. The molecule has 1 heterocycles. The maximum absolute atomic E-state index is 14.4. The van der Waals surface area contributed by atoms with Gasteiger partial charge < -0.3 is 10.1 Å². The molecule has 0 aliphatic carbocycles. The van der Waals surface area contributed by atoms with Crippen molar-refractivity contribution >= 4 is 0 Å². The summed E-state index contributed by atoms with van der Waals surface area (Å²) in [7, 11) is 0.172. The van der Waals surface area contributed by atoms with E-state index in [2.05, 4.69) is 10.1 Å². The first-order valence-corrected chi connectivity index (χ1v) is 12.8. The third kappa shape index (κ3) is 6.72. The van der Waals surface area contributed by atoms with Crippen molar-refractivity contribution in [3.63, 3.8) is 0 Å². The quantitative estimate of drug-likeness (QED) is 0.157. The van der Waals surface area contributed by atoms with E-state index in [-0.39, 0.29) is 20.1 Å². The van der Waals surface area contributed by atoms with E-state index in [0.717, 1.165) is 0 Å². The summed E-state index contributed by atoms with van der Waals surface area (Å²) in [4.78, 5) is 0. The van der Waals surface area contributed by atoms with Crippen molar-refractivity contribution in [3.8, 4) is 0 Å². The van der Waals surface area contributed by atoms with E-state index >= 15 is 0 Å². The molecule has 300 valence electrons. The highest BCUT2D eigenvalue weighted by Crippen LogP contribution is 2.63. The minimum atomic E-state index is -8.36. The van der Waals surface area contributed by atoms with Crippen LogP contribution in [0.5, 0.6) is 0 Å². The van der Waals surface area contributed by atoms with Gasteiger partial charge in [0.2, 0.25) is 0 Å². The van der Waals surface area contributed by atoms with Crippen LogP contribution in [0, 0.1) is 0 Å². The summed E-state index contributed by atoms with van der Waals surface area (Å²) in [5.41, 5.74) is -3.34. The van der Waals surface area contributed by atoms with Gasteiger partial charge >= 0.3 is 71.6 Å². The lowest BCUT2D eigenvalue weighted by Crippen LogP contribution is -2.70. The average Bonchev–Trinajstić information content (AvgIpc) is 3.47. The molecular weight excluding hydrogens is 788 g/mol. The Morgan fingerprint density at radius 1 is 0.420 bits per heavy atom. The molecule has 0 aromatic heterocycles. The second-order valence-electron chi connectivity index (χ2n) is 10.9. The lowest BCUT2D eigenvalue weighted by molar-refractivity contribution is -0.440. The van der Waals surface area contributed by atoms with Gasteiger partial charge in [-0.3, -0.25) is 0 Å². The van der Waals surface area contributed by atoms with Gasteiger partial charge in [0.05, 0.1) is 5.60 Å². The van der Waals surface area contributed by atoms with Crippen LogP contribution in [0.1, 0.15) is 38.5 Å². The standard InChI is InChI=1S/C22H19F26NO/c1-50-10(9-3-2-8-49-9,4-6-11(23,24)13(27,28)15(31,32)17(35,36)19(39,40)21(43,44)45)5-7-12(25,26)14(29,30)16(33,34)18(37,38)20(41,42)22(46,47)48/h9,49H,2-8H2,1H3/t9-/m0/s1. The summed E-state index contributed by atoms with van der Waals surface area (Å²) in [6.07, 6.45) is -27.5. The van der Waals surface area contributed by atoms with E-state index in [4.69, 9.17) is 0 Å². The highest BCUT2D eigenvalue weighted by molar-refractivity contribution is 5.13. The number of hydrogen-bond acceptors (Lipinski definition) is 2. The van der Waals surface area contributed by atoms with E-state index in [1.165, 1.54) is 0 Å². The van der Waals surface area contributed by atoms with Gasteiger partial charge in [0.1, 0.15) is 0 Å². The second-order valence-corrected chi connectivity index (χ2v) is 10.9. The molecule has 0 bridgehead atoms. The molecule has 0 aromatic carbocycles. The molecule has 0 aromatic rings. The topological polar surface area (TPSA) is 21.3 Å². The Kier molecular flexibility index (Phi) is 11.9. The molecule has 50 heavy (non-hydrogen) atoms. The molecule has 1 N–H and O–H groups in total. The summed E-state index contributed by atoms with van der Waals surface area (Å²) in [6, 6.07) is -1.96. The van der Waals surface area contributed by atoms with E-state index in [0.29, 0.717) is 0 Å². The first kappa shape index (κ1) is 46.1. The van der Waals surface area contributed by atoms with E-state index < -0.39 is 115 Å². The normalized spacial score (nSPS) is 19.4. The number of hydrogen-bond donors (Lipinski definition) is 1. The Hall–Kier alpha value is -1.90. The molecule has 0 saturated carbocycles. The van der Waals surface area contributed by atoms with Gasteiger partial charge in [0.15, 0.2) is 0 Å². The lowest BCUT2D eigenvalue weighted by atomic mass is 9.79. The lowest BCUT2D eigenvalue weighted by Gasteiger charge is -2.43. The SMILES string of the molecule is COC(CCC(F)(F)C(F)(F)C(F)(F)C(F)(F)C(F)(F)C(F)(F)F)(CCC(F)(F)C(F)(F)C(F)(F)C(F)(F)C(F)(F)C(F)(F)F)[C@@H]1CCCN1. The minimum Gasteiger partial charge on any atom is -0.377 e. The summed E-state index contributed by atoms with van der Waals surface area (Å²) < 4.78 is 354. The summed E-state index contributed by atoms with van der Waals surface area (Å²) in [6.45, 7) is -0.386. The van der Waals surface area contributed by atoms with Crippen LogP contribution in [0.2, 0.25) is 0 Å². The van der Waals surface area contributed by atoms with Crippen molar-refractivity contribution in [3.05, 3.63) is 0 Å². The Balaban J connectivity index is 3.60. The summed E-state index contributed by atoms with van der Waals surface area (Å²) in [5.74, 6) is -79.3. The fourth-order valence-electron chi connectivity index (χ4n) is 4.61. The fraction of sp³-hybridized carbons (Fsp3) is 1.00. The van der Waals surface area contributed by atoms with Gasteiger partial charge in [0.25, 0.3) is 0 Å². The smallest absolute Gasteiger partial charge is 0.377 e. The van der Waals surface area contributed by atoms with Crippen molar-refractivity contribution in [1.82, 2.24) is 5.32 Å². The van der Waals surface area contributed by atoms with Crippen LogP contribution < -0.4 is 5.32 Å². The predicted molar refractivity (Wildman–Crippen MR) is 111 cm³/mol. The van der Waals surface area contributed by atoms with Crippen molar-refractivity contribution in [2.45, 2.75) is 122 Å². The van der Waals surface area contributed by atoms with Gasteiger partial charge in [-0.25, -0.2) is 0 Å². The van der Waals surface area contributed by atoms with E-state index in [9.17, 15) is 114 Å². The first-order chi connectivity index (χ1) is 21.6. The van der Waals surface area contributed by atoms with Crippen molar-refractivity contribution in [2.75, 3.05) is 13.7 Å². The number of nitrogens with one attached hydrogen (secondary N) is 1. The zero-order valence-electron chi connectivity index (χ0n) is 23.8. The molecule has 28 heteroatoms. The minimum absolute atomic E-state index is 0.172. The molecule has 0 radical (unpaired) electrons. The Morgan fingerprint density at radius 3 is 0.920 bits per heavy atom. The number of ether oxygens (including phenoxy) is 1. The highest BCUT2D eigenvalue weighted by Gasteiger charge is 2.92.